The molecule has 1 aliphatic carbocycles. The number of rotatable bonds is 5. The van der Waals surface area contributed by atoms with Gasteiger partial charge >= 0.3 is 0 Å². The molecule has 0 unspecified atom stereocenters. The minimum atomic E-state index is -3.27. The third kappa shape index (κ3) is 4.22. The fourth-order valence-electron chi connectivity index (χ4n) is 3.20. The number of hydrogen-bond donors (Lipinski definition) is 0. The van der Waals surface area contributed by atoms with Gasteiger partial charge in [0.05, 0.1) is 22.0 Å². The first-order valence-electron chi connectivity index (χ1n) is 8.60. The zero-order chi connectivity index (χ0) is 18.7. The fraction of sp³-hybridized carbons (Fsp3) is 0.368. The maximum Gasteiger partial charge on any atom is 0.273 e. The zero-order valence-electron chi connectivity index (χ0n) is 14.6. The van der Waals surface area contributed by atoms with Gasteiger partial charge in [0.1, 0.15) is 5.75 Å². The number of ether oxygens (including phenoxy) is 1. The average Bonchev–Trinajstić information content (AvgIpc) is 2.62. The summed E-state index contributed by atoms with van der Waals surface area (Å²) in [5, 5.41) is 11.1. The van der Waals surface area contributed by atoms with Crippen LogP contribution in [0.3, 0.4) is 0 Å². The lowest BCUT2D eigenvalue weighted by atomic mass is 9.97. The summed E-state index contributed by atoms with van der Waals surface area (Å²) in [5.74, 6) is 0.471. The number of sulfone groups is 1. The van der Waals surface area contributed by atoms with Gasteiger partial charge in [-0.15, -0.1) is 0 Å². The Morgan fingerprint density at radius 1 is 1.04 bits per heavy atom. The topological polar surface area (TPSA) is 86.5 Å². The summed E-state index contributed by atoms with van der Waals surface area (Å²) >= 11 is 0. The molecule has 0 aromatic heterocycles. The van der Waals surface area contributed by atoms with Crippen molar-refractivity contribution < 1.29 is 18.1 Å². The van der Waals surface area contributed by atoms with Crippen molar-refractivity contribution in [2.75, 3.05) is 6.26 Å². The van der Waals surface area contributed by atoms with Crippen molar-refractivity contribution in [2.24, 2.45) is 0 Å². The molecule has 1 fully saturated rings. The van der Waals surface area contributed by atoms with E-state index >= 15 is 0 Å². The molecule has 138 valence electrons. The lowest BCUT2D eigenvalue weighted by molar-refractivity contribution is -0.384. The molecule has 2 aromatic carbocycles. The van der Waals surface area contributed by atoms with Crippen molar-refractivity contribution in [1.29, 1.82) is 0 Å². The standard InChI is InChI=1S/C19H21NO5S/c1-26(23,24)17-10-7-14(8-11-17)18-12-9-15(20(21)22)13-19(18)25-16-5-3-2-4-6-16/h7-13,16H,2-6H2,1H3. The van der Waals surface area contributed by atoms with Crippen LogP contribution in [0.1, 0.15) is 32.1 Å². The van der Waals surface area contributed by atoms with E-state index < -0.39 is 14.8 Å². The first-order chi connectivity index (χ1) is 12.3. The van der Waals surface area contributed by atoms with Gasteiger partial charge in [-0.2, -0.15) is 0 Å². The summed E-state index contributed by atoms with van der Waals surface area (Å²) in [7, 11) is -3.27. The molecule has 0 spiro atoms. The van der Waals surface area contributed by atoms with Gasteiger partial charge in [-0.3, -0.25) is 10.1 Å². The van der Waals surface area contributed by atoms with Gasteiger partial charge in [-0.05, 0) is 49.4 Å². The fourth-order valence-corrected chi connectivity index (χ4v) is 3.84. The smallest absolute Gasteiger partial charge is 0.273 e. The molecular weight excluding hydrogens is 354 g/mol. The van der Waals surface area contributed by atoms with Crippen LogP contribution in [-0.2, 0) is 9.84 Å². The van der Waals surface area contributed by atoms with E-state index in [0.717, 1.165) is 43.1 Å². The van der Waals surface area contributed by atoms with Crippen LogP contribution >= 0.6 is 0 Å². The molecule has 0 bridgehead atoms. The third-order valence-corrected chi connectivity index (χ3v) is 5.74. The minimum absolute atomic E-state index is 0.0210. The van der Waals surface area contributed by atoms with Crippen LogP contribution in [0.2, 0.25) is 0 Å². The summed E-state index contributed by atoms with van der Waals surface area (Å²) in [6.45, 7) is 0. The predicted molar refractivity (Wildman–Crippen MR) is 99.1 cm³/mol. The average molecular weight is 375 g/mol. The molecule has 0 aliphatic heterocycles. The molecule has 26 heavy (non-hydrogen) atoms. The molecule has 0 saturated heterocycles. The molecule has 0 heterocycles. The molecule has 1 aliphatic rings. The van der Waals surface area contributed by atoms with Crippen molar-refractivity contribution in [3.8, 4) is 16.9 Å². The number of nitrogens with zero attached hydrogens (tertiary/aromatic N) is 1. The van der Waals surface area contributed by atoms with Gasteiger partial charge in [-0.1, -0.05) is 18.6 Å². The van der Waals surface area contributed by atoms with E-state index in [4.69, 9.17) is 4.74 Å². The Balaban J connectivity index is 1.98. The number of nitro groups is 1. The van der Waals surface area contributed by atoms with Crippen LogP contribution in [0.25, 0.3) is 11.1 Å². The van der Waals surface area contributed by atoms with Crippen molar-refractivity contribution in [1.82, 2.24) is 0 Å². The van der Waals surface area contributed by atoms with E-state index in [1.54, 1.807) is 18.2 Å². The molecular formula is C19H21NO5S. The first-order valence-corrected chi connectivity index (χ1v) is 10.5. The van der Waals surface area contributed by atoms with Crippen molar-refractivity contribution in [3.05, 3.63) is 52.6 Å². The highest BCUT2D eigenvalue weighted by atomic mass is 32.2. The molecule has 6 nitrogen and oxygen atoms in total. The van der Waals surface area contributed by atoms with E-state index in [-0.39, 0.29) is 16.7 Å². The van der Waals surface area contributed by atoms with E-state index in [0.29, 0.717) is 5.75 Å². The Bertz CT molecular complexity index is 900. The molecule has 7 heteroatoms. The molecule has 0 atom stereocenters. The van der Waals surface area contributed by atoms with Gasteiger partial charge in [0, 0.05) is 17.9 Å². The summed E-state index contributed by atoms with van der Waals surface area (Å²) in [4.78, 5) is 10.9. The van der Waals surface area contributed by atoms with Gasteiger partial charge in [0.25, 0.3) is 5.69 Å². The highest BCUT2D eigenvalue weighted by Gasteiger charge is 2.20. The quantitative estimate of drug-likeness (QED) is 0.572. The Morgan fingerprint density at radius 3 is 2.27 bits per heavy atom. The summed E-state index contributed by atoms with van der Waals surface area (Å²) in [5.41, 5.74) is 1.46. The number of hydrogen-bond acceptors (Lipinski definition) is 5. The summed E-state index contributed by atoms with van der Waals surface area (Å²) in [6, 6.07) is 11.0. The maximum absolute atomic E-state index is 11.6. The largest absolute Gasteiger partial charge is 0.490 e. The van der Waals surface area contributed by atoms with Crippen molar-refractivity contribution in [2.45, 2.75) is 43.1 Å². The first kappa shape index (κ1) is 18.4. The van der Waals surface area contributed by atoms with Crippen LogP contribution < -0.4 is 4.74 Å². The molecule has 1 saturated carbocycles. The number of benzene rings is 2. The van der Waals surface area contributed by atoms with E-state index in [1.165, 1.54) is 30.7 Å². The van der Waals surface area contributed by atoms with Crippen LogP contribution in [0.4, 0.5) is 5.69 Å². The van der Waals surface area contributed by atoms with Crippen LogP contribution in [0.15, 0.2) is 47.4 Å². The normalized spacial score (nSPS) is 15.6. The van der Waals surface area contributed by atoms with Gasteiger partial charge in [-0.25, -0.2) is 8.42 Å². The van der Waals surface area contributed by atoms with Gasteiger partial charge < -0.3 is 4.74 Å². The second kappa shape index (κ2) is 7.45. The monoisotopic (exact) mass is 375 g/mol. The van der Waals surface area contributed by atoms with Crippen molar-refractivity contribution >= 4 is 15.5 Å². The Morgan fingerprint density at radius 2 is 1.69 bits per heavy atom. The molecule has 0 amide bonds. The second-order valence-electron chi connectivity index (χ2n) is 6.61. The maximum atomic E-state index is 11.6. The summed E-state index contributed by atoms with van der Waals surface area (Å²) < 4.78 is 29.4. The number of nitro benzene ring substituents is 1. The van der Waals surface area contributed by atoms with Crippen LogP contribution in [-0.4, -0.2) is 25.7 Å². The Kier molecular flexibility index (Phi) is 5.27. The second-order valence-corrected chi connectivity index (χ2v) is 8.63. The molecule has 2 aromatic rings. The van der Waals surface area contributed by atoms with Crippen LogP contribution in [0, 0.1) is 10.1 Å². The Labute approximate surface area is 152 Å². The Hall–Kier alpha value is -2.41. The SMILES string of the molecule is CS(=O)(=O)c1ccc(-c2ccc([N+](=O)[O-])cc2OC2CCCCC2)cc1. The van der Waals surface area contributed by atoms with E-state index in [2.05, 4.69) is 0 Å². The van der Waals surface area contributed by atoms with Crippen molar-refractivity contribution in [3.63, 3.8) is 0 Å². The third-order valence-electron chi connectivity index (χ3n) is 4.62. The van der Waals surface area contributed by atoms with Gasteiger partial charge in [0.2, 0.25) is 0 Å². The minimum Gasteiger partial charge on any atom is -0.490 e. The lowest BCUT2D eigenvalue weighted by Gasteiger charge is -2.24. The van der Waals surface area contributed by atoms with Crippen LogP contribution in [0.5, 0.6) is 5.75 Å². The molecule has 3 rings (SSSR count). The predicted octanol–water partition coefficient (Wildman–Crippen LogP) is 4.38. The highest BCUT2D eigenvalue weighted by molar-refractivity contribution is 7.90. The summed E-state index contributed by atoms with van der Waals surface area (Å²) in [6.07, 6.45) is 6.47. The van der Waals surface area contributed by atoms with E-state index in [1.807, 2.05) is 0 Å². The highest BCUT2D eigenvalue weighted by Crippen LogP contribution is 2.36. The van der Waals surface area contributed by atoms with Gasteiger partial charge in [0.15, 0.2) is 9.84 Å². The molecule has 0 N–H and O–H groups in total. The lowest BCUT2D eigenvalue weighted by Crippen LogP contribution is -2.20. The number of non-ortho nitro benzene ring substituents is 1. The van der Waals surface area contributed by atoms with E-state index in [9.17, 15) is 18.5 Å². The molecule has 0 radical (unpaired) electrons. The zero-order valence-corrected chi connectivity index (χ0v) is 15.4.